The highest BCUT2D eigenvalue weighted by Crippen LogP contribution is 2.41. The van der Waals surface area contributed by atoms with Crippen LogP contribution in [0.2, 0.25) is 0 Å². The number of piperidine rings is 1. The van der Waals surface area contributed by atoms with Gasteiger partial charge in [0.15, 0.2) is 5.82 Å². The van der Waals surface area contributed by atoms with Crippen molar-refractivity contribution in [2.24, 2.45) is 5.92 Å². The quantitative estimate of drug-likeness (QED) is 0.593. The number of rotatable bonds is 4. The fourth-order valence-corrected chi connectivity index (χ4v) is 4.57. The summed E-state index contributed by atoms with van der Waals surface area (Å²) in [7, 11) is 0. The first-order valence-electron chi connectivity index (χ1n) is 10.6. The second-order valence-corrected chi connectivity index (χ2v) is 8.32. The average molecular weight is 455 g/mol. The van der Waals surface area contributed by atoms with E-state index in [2.05, 4.69) is 19.9 Å². The zero-order valence-electron chi connectivity index (χ0n) is 17.7. The molecule has 5 rings (SSSR count). The summed E-state index contributed by atoms with van der Waals surface area (Å²) in [6.07, 6.45) is 0.645. The molecule has 33 heavy (non-hydrogen) atoms. The van der Waals surface area contributed by atoms with Gasteiger partial charge in [0, 0.05) is 36.9 Å². The summed E-state index contributed by atoms with van der Waals surface area (Å²) in [4.78, 5) is 32.1. The molecule has 2 aliphatic rings. The molecule has 3 atom stereocenters. The number of amides is 1. The minimum Gasteiger partial charge on any atom is -0.472 e. The number of hydrogen-bond donors (Lipinski definition) is 0. The Morgan fingerprint density at radius 3 is 2.55 bits per heavy atom. The van der Waals surface area contributed by atoms with E-state index >= 15 is 0 Å². The van der Waals surface area contributed by atoms with E-state index < -0.39 is 11.7 Å². The molecule has 3 aromatic heterocycles. The molecule has 4 heterocycles. The third-order valence-corrected chi connectivity index (χ3v) is 6.07. The molecule has 7 nitrogen and oxygen atoms in total. The molecule has 1 aliphatic carbocycles. The molecule has 2 bridgehead atoms. The number of carbonyl (C=O) groups excluding carboxylic acids is 1. The molecule has 2 unspecified atom stereocenters. The van der Waals surface area contributed by atoms with E-state index in [1.807, 2.05) is 6.92 Å². The van der Waals surface area contributed by atoms with Crippen LogP contribution in [-0.2, 0) is 6.18 Å². The minimum absolute atomic E-state index is 0.111. The van der Waals surface area contributed by atoms with Gasteiger partial charge < -0.3 is 9.64 Å². The van der Waals surface area contributed by atoms with E-state index in [1.54, 1.807) is 35.5 Å². The van der Waals surface area contributed by atoms with E-state index in [4.69, 9.17) is 4.74 Å². The summed E-state index contributed by atoms with van der Waals surface area (Å²) in [6, 6.07) is 7.25. The highest BCUT2D eigenvalue weighted by Gasteiger charge is 2.49. The van der Waals surface area contributed by atoms with E-state index in [-0.39, 0.29) is 35.5 Å². The lowest BCUT2D eigenvalue weighted by molar-refractivity contribution is -0.137. The number of halogens is 3. The lowest BCUT2D eigenvalue weighted by atomic mass is 10.1. The van der Waals surface area contributed by atoms with Crippen LogP contribution in [0, 0.1) is 12.8 Å². The number of aromatic nitrogens is 4. The Hall–Kier alpha value is -3.56. The molecule has 2 fully saturated rings. The van der Waals surface area contributed by atoms with E-state index in [1.165, 1.54) is 6.07 Å². The summed E-state index contributed by atoms with van der Waals surface area (Å²) < 4.78 is 44.3. The Balaban J connectivity index is 1.37. The van der Waals surface area contributed by atoms with Crippen LogP contribution >= 0.6 is 0 Å². The maximum absolute atomic E-state index is 13.5. The van der Waals surface area contributed by atoms with E-state index in [0.29, 0.717) is 30.0 Å². The van der Waals surface area contributed by atoms with Crippen molar-refractivity contribution in [2.45, 2.75) is 38.1 Å². The Morgan fingerprint density at radius 1 is 1.09 bits per heavy atom. The highest BCUT2D eigenvalue weighted by molar-refractivity contribution is 5.98. The molecular formula is C23H20F3N5O2. The summed E-state index contributed by atoms with van der Waals surface area (Å²) in [5.74, 6) is 0.543. The summed E-state index contributed by atoms with van der Waals surface area (Å²) in [6.45, 7) is 2.39. The largest absolute Gasteiger partial charge is 0.472 e. The van der Waals surface area contributed by atoms with Crippen molar-refractivity contribution in [3.05, 3.63) is 65.9 Å². The molecule has 1 saturated carbocycles. The van der Waals surface area contributed by atoms with Gasteiger partial charge in [0.2, 0.25) is 5.88 Å². The first kappa shape index (κ1) is 21.3. The number of nitrogens with zero attached hydrogens (tertiary/aromatic N) is 5. The Kier molecular flexibility index (Phi) is 5.22. The number of aryl methyl sites for hydroxylation is 1. The molecule has 170 valence electrons. The Labute approximate surface area is 187 Å². The van der Waals surface area contributed by atoms with Gasteiger partial charge in [-0.3, -0.25) is 4.79 Å². The summed E-state index contributed by atoms with van der Waals surface area (Å²) in [5.41, 5.74) is 0.695. The number of likely N-dealkylation sites (tertiary alicyclic amines) is 1. The average Bonchev–Trinajstić information content (AvgIpc) is 3.39. The molecule has 3 aromatic rings. The van der Waals surface area contributed by atoms with Crippen molar-refractivity contribution < 1.29 is 22.7 Å². The fourth-order valence-electron chi connectivity index (χ4n) is 4.57. The van der Waals surface area contributed by atoms with Crippen LogP contribution in [0.5, 0.6) is 5.88 Å². The van der Waals surface area contributed by atoms with Crippen molar-refractivity contribution in [1.82, 2.24) is 24.8 Å². The van der Waals surface area contributed by atoms with Crippen LogP contribution in [0.1, 0.15) is 34.6 Å². The lowest BCUT2D eigenvalue weighted by Crippen LogP contribution is -2.47. The topological polar surface area (TPSA) is 81.1 Å². The number of carbonyl (C=O) groups is 1. The third kappa shape index (κ3) is 4.12. The number of ether oxygens (including phenoxy) is 1. The normalized spacial score (nSPS) is 21.9. The van der Waals surface area contributed by atoms with Gasteiger partial charge >= 0.3 is 6.18 Å². The lowest BCUT2D eigenvalue weighted by Gasteiger charge is -2.33. The fraction of sp³-hybridized carbons (Fsp3) is 0.348. The monoisotopic (exact) mass is 455 g/mol. The molecule has 0 radical (unpaired) electrons. The maximum atomic E-state index is 13.5. The van der Waals surface area contributed by atoms with Crippen molar-refractivity contribution >= 4 is 5.91 Å². The van der Waals surface area contributed by atoms with Crippen molar-refractivity contribution in [2.75, 3.05) is 6.54 Å². The zero-order chi connectivity index (χ0) is 23.2. The van der Waals surface area contributed by atoms with Gasteiger partial charge in [0.1, 0.15) is 11.8 Å². The first-order valence-corrected chi connectivity index (χ1v) is 10.6. The molecule has 0 spiro atoms. The Morgan fingerprint density at radius 2 is 1.88 bits per heavy atom. The van der Waals surface area contributed by atoms with Gasteiger partial charge in [-0.25, -0.2) is 19.9 Å². The maximum Gasteiger partial charge on any atom is 0.417 e. The molecule has 0 N–H and O–H groups in total. The van der Waals surface area contributed by atoms with Crippen molar-refractivity contribution in [3.63, 3.8) is 0 Å². The van der Waals surface area contributed by atoms with E-state index in [9.17, 15) is 18.0 Å². The van der Waals surface area contributed by atoms with Crippen LogP contribution in [-0.4, -0.2) is 49.4 Å². The Bertz CT molecular complexity index is 1170. The van der Waals surface area contributed by atoms with Gasteiger partial charge in [-0.1, -0.05) is 0 Å². The summed E-state index contributed by atoms with van der Waals surface area (Å²) in [5, 5.41) is 0. The predicted molar refractivity (Wildman–Crippen MR) is 111 cm³/mol. The summed E-state index contributed by atoms with van der Waals surface area (Å²) >= 11 is 0. The predicted octanol–water partition coefficient (Wildman–Crippen LogP) is 3.94. The number of pyridine rings is 2. The van der Waals surface area contributed by atoms with Gasteiger partial charge in [-0.15, -0.1) is 0 Å². The molecule has 0 aromatic carbocycles. The van der Waals surface area contributed by atoms with Gasteiger partial charge in [0.25, 0.3) is 5.91 Å². The van der Waals surface area contributed by atoms with Crippen LogP contribution in [0.25, 0.3) is 11.4 Å². The number of alkyl halides is 3. The number of hydrogen-bond acceptors (Lipinski definition) is 6. The first-order chi connectivity index (χ1) is 15.8. The highest BCUT2D eigenvalue weighted by atomic mass is 19.4. The zero-order valence-corrected chi connectivity index (χ0v) is 17.7. The molecule has 1 aliphatic heterocycles. The molecule has 10 heteroatoms. The molecule has 1 amide bonds. The third-order valence-electron chi connectivity index (χ3n) is 6.07. The standard InChI is InChI=1S/C23H20F3N5O2/c1-13-3-5-16(21-27-7-2-8-28-21)20(30-13)22(32)31-12-14-9-17(31)18(10-14)33-19-6-4-15(11-29-19)23(24,25)26/h2-8,11,14,17-18H,9-10,12H2,1H3/t14?,17-,18?/m1/s1. The van der Waals surface area contributed by atoms with Gasteiger partial charge in [-0.2, -0.15) is 13.2 Å². The minimum atomic E-state index is -4.46. The van der Waals surface area contributed by atoms with Crippen molar-refractivity contribution in [3.8, 4) is 17.3 Å². The number of fused-ring (bicyclic) bond motifs is 2. The van der Waals surface area contributed by atoms with Gasteiger partial charge in [-0.05, 0) is 49.9 Å². The second kappa shape index (κ2) is 8.09. The second-order valence-electron chi connectivity index (χ2n) is 8.32. The van der Waals surface area contributed by atoms with Crippen LogP contribution in [0.3, 0.4) is 0 Å². The van der Waals surface area contributed by atoms with Crippen LogP contribution < -0.4 is 4.74 Å². The van der Waals surface area contributed by atoms with Crippen molar-refractivity contribution in [1.29, 1.82) is 0 Å². The van der Waals surface area contributed by atoms with Gasteiger partial charge in [0.05, 0.1) is 17.2 Å². The molecular weight excluding hydrogens is 435 g/mol. The van der Waals surface area contributed by atoms with Crippen LogP contribution in [0.15, 0.2) is 48.9 Å². The smallest absolute Gasteiger partial charge is 0.417 e. The van der Waals surface area contributed by atoms with Crippen LogP contribution in [0.4, 0.5) is 13.2 Å². The molecule has 1 saturated heterocycles. The van der Waals surface area contributed by atoms with E-state index in [0.717, 1.165) is 18.7 Å². The SMILES string of the molecule is Cc1ccc(-c2ncccn2)c(C(=O)N2CC3CC(Oc4ccc(C(F)(F)F)cn4)[C@H]2C3)n1.